The number of nitrogens with zero attached hydrogens (tertiary/aromatic N) is 1. The molecule has 4 rings (SSSR count). The van der Waals surface area contributed by atoms with Gasteiger partial charge in [-0.2, -0.15) is 0 Å². The molecule has 0 atom stereocenters. The molecule has 0 unspecified atom stereocenters. The maximum absolute atomic E-state index is 11.5. The lowest BCUT2D eigenvalue weighted by Gasteiger charge is -2.24. The van der Waals surface area contributed by atoms with E-state index in [0.717, 1.165) is 22.2 Å². The van der Waals surface area contributed by atoms with Crippen LogP contribution in [-0.4, -0.2) is 15.9 Å². The number of hydrogen-bond donors (Lipinski definition) is 1. The highest BCUT2D eigenvalue weighted by molar-refractivity contribution is 8.03. The molecule has 1 N–H and O–H groups in total. The van der Waals surface area contributed by atoms with Crippen LogP contribution < -0.4 is 0 Å². The monoisotopic (exact) mass is 295 g/mol. The average Bonchev–Trinajstić information content (AvgIpc) is 2.52. The van der Waals surface area contributed by atoms with Crippen molar-refractivity contribution < 1.29 is 9.90 Å². The molecule has 0 saturated carbocycles. The van der Waals surface area contributed by atoms with Crippen molar-refractivity contribution >= 4 is 28.4 Å². The van der Waals surface area contributed by atoms with Crippen LogP contribution in [-0.2, 0) is 17.8 Å². The predicted molar refractivity (Wildman–Crippen MR) is 83.0 cm³/mol. The number of rotatable bonds is 1. The van der Waals surface area contributed by atoms with E-state index in [-0.39, 0.29) is 12.4 Å². The van der Waals surface area contributed by atoms with E-state index in [2.05, 4.69) is 11.1 Å². The number of aliphatic hydroxyl groups excluding tert-OH is 1. The summed E-state index contributed by atoms with van der Waals surface area (Å²) >= 11 is 1.66. The van der Waals surface area contributed by atoms with Crippen molar-refractivity contribution in [1.82, 2.24) is 4.98 Å². The summed E-state index contributed by atoms with van der Waals surface area (Å²) in [5.74, 6) is 0.180. The number of aromatic nitrogens is 1. The molecule has 0 spiro atoms. The van der Waals surface area contributed by atoms with Crippen LogP contribution in [0.15, 0.2) is 51.8 Å². The molecule has 2 aliphatic rings. The van der Waals surface area contributed by atoms with Gasteiger partial charge in [0.2, 0.25) is 0 Å². The zero-order valence-electron chi connectivity index (χ0n) is 11.3. The van der Waals surface area contributed by atoms with Crippen LogP contribution in [0.2, 0.25) is 0 Å². The fourth-order valence-electron chi connectivity index (χ4n) is 2.84. The van der Waals surface area contributed by atoms with Gasteiger partial charge in [-0.25, -0.2) is 0 Å². The zero-order valence-corrected chi connectivity index (χ0v) is 12.1. The van der Waals surface area contributed by atoms with Crippen LogP contribution in [0.25, 0.3) is 10.9 Å². The van der Waals surface area contributed by atoms with Gasteiger partial charge in [-0.05, 0) is 35.4 Å². The molecule has 1 aliphatic carbocycles. The minimum atomic E-state index is -0.0398. The first-order valence-electron chi connectivity index (χ1n) is 6.89. The maximum Gasteiger partial charge on any atom is 0.160 e. The van der Waals surface area contributed by atoms with Crippen molar-refractivity contribution in [2.75, 3.05) is 0 Å². The van der Waals surface area contributed by atoms with Gasteiger partial charge in [-0.3, -0.25) is 9.78 Å². The molecule has 1 aromatic carbocycles. The summed E-state index contributed by atoms with van der Waals surface area (Å²) < 4.78 is 0. The molecule has 2 heterocycles. The fraction of sp³-hybridized carbons (Fsp3) is 0.176. The molecule has 1 aromatic heterocycles. The number of pyridine rings is 1. The summed E-state index contributed by atoms with van der Waals surface area (Å²) in [5.41, 5.74) is 4.12. The standard InChI is InChI=1S/C17H13NO2S/c19-9-11-2-4-13-14-7-10-1-3-12(20)8-17(10)21-16(14)6-5-15(13)18-11/h1-2,4-6,8,19H,3,7,9H2. The molecule has 0 radical (unpaired) electrons. The van der Waals surface area contributed by atoms with Crippen LogP contribution >= 0.6 is 11.8 Å². The van der Waals surface area contributed by atoms with E-state index < -0.39 is 0 Å². The first kappa shape index (κ1) is 12.8. The van der Waals surface area contributed by atoms with Crippen molar-refractivity contribution in [3.8, 4) is 0 Å². The Morgan fingerprint density at radius 2 is 2.14 bits per heavy atom. The van der Waals surface area contributed by atoms with E-state index in [9.17, 15) is 9.90 Å². The number of allylic oxidation sites excluding steroid dienone is 3. The third kappa shape index (κ3) is 2.11. The topological polar surface area (TPSA) is 50.2 Å². The van der Waals surface area contributed by atoms with Crippen molar-refractivity contribution in [3.63, 3.8) is 0 Å². The molecular formula is C17H13NO2S. The van der Waals surface area contributed by atoms with Crippen LogP contribution in [0.5, 0.6) is 0 Å². The lowest BCUT2D eigenvalue weighted by atomic mass is 9.95. The molecule has 2 aromatic rings. The van der Waals surface area contributed by atoms with Gasteiger partial charge in [0.15, 0.2) is 5.78 Å². The SMILES string of the molecule is O=C1C=C2Sc3ccc4nc(CO)ccc4c3CC2=CC1. The summed E-state index contributed by atoms with van der Waals surface area (Å²) in [4.78, 5) is 18.3. The fourth-order valence-corrected chi connectivity index (χ4v) is 3.99. The Bertz CT molecular complexity index is 836. The lowest BCUT2D eigenvalue weighted by Crippen LogP contribution is -2.09. The Morgan fingerprint density at radius 1 is 1.24 bits per heavy atom. The normalized spacial score (nSPS) is 17.1. The Morgan fingerprint density at radius 3 is 3.00 bits per heavy atom. The minimum Gasteiger partial charge on any atom is -0.390 e. The van der Waals surface area contributed by atoms with E-state index >= 15 is 0 Å². The number of carbonyl (C=O) groups is 1. The lowest BCUT2D eigenvalue weighted by molar-refractivity contribution is -0.113. The maximum atomic E-state index is 11.5. The molecule has 0 saturated heterocycles. The van der Waals surface area contributed by atoms with Gasteiger partial charge in [-0.15, -0.1) is 0 Å². The number of ketones is 1. The molecule has 0 bridgehead atoms. The molecule has 0 fully saturated rings. The van der Waals surface area contributed by atoms with Gasteiger partial charge in [0, 0.05) is 28.0 Å². The smallest absolute Gasteiger partial charge is 0.160 e. The van der Waals surface area contributed by atoms with E-state index in [4.69, 9.17) is 0 Å². The summed E-state index contributed by atoms with van der Waals surface area (Å²) in [6, 6.07) is 7.96. The van der Waals surface area contributed by atoms with Crippen LogP contribution in [0, 0.1) is 0 Å². The molecule has 104 valence electrons. The molecule has 21 heavy (non-hydrogen) atoms. The number of hydrogen-bond acceptors (Lipinski definition) is 4. The number of carbonyl (C=O) groups excluding carboxylic acids is 1. The van der Waals surface area contributed by atoms with Crippen molar-refractivity contribution in [3.05, 3.63) is 58.2 Å². The summed E-state index contributed by atoms with van der Waals surface area (Å²) in [6.07, 6.45) is 5.16. The molecule has 4 heteroatoms. The summed E-state index contributed by atoms with van der Waals surface area (Å²) in [6.45, 7) is -0.0398. The summed E-state index contributed by atoms with van der Waals surface area (Å²) in [5, 5.41) is 10.3. The van der Waals surface area contributed by atoms with Gasteiger partial charge in [0.1, 0.15) is 0 Å². The molecular weight excluding hydrogens is 282 g/mol. The van der Waals surface area contributed by atoms with Crippen LogP contribution in [0.4, 0.5) is 0 Å². The largest absolute Gasteiger partial charge is 0.390 e. The second kappa shape index (κ2) is 4.83. The second-order valence-corrected chi connectivity index (χ2v) is 6.34. The first-order valence-corrected chi connectivity index (χ1v) is 7.70. The van der Waals surface area contributed by atoms with Gasteiger partial charge >= 0.3 is 0 Å². The Kier molecular flexibility index (Phi) is 2.94. The number of benzene rings is 1. The molecule has 1 aliphatic heterocycles. The molecule has 0 amide bonds. The van der Waals surface area contributed by atoms with E-state index in [1.165, 1.54) is 16.0 Å². The Hall–Kier alpha value is -1.91. The van der Waals surface area contributed by atoms with Gasteiger partial charge in [-0.1, -0.05) is 23.9 Å². The second-order valence-electron chi connectivity index (χ2n) is 5.26. The predicted octanol–water partition coefficient (Wildman–Crippen LogP) is 3.16. The van der Waals surface area contributed by atoms with Gasteiger partial charge in [0.05, 0.1) is 17.8 Å². The van der Waals surface area contributed by atoms with E-state index in [1.54, 1.807) is 17.8 Å². The Balaban J connectivity index is 1.88. The first-order chi connectivity index (χ1) is 10.2. The van der Waals surface area contributed by atoms with Crippen molar-refractivity contribution in [1.29, 1.82) is 0 Å². The third-order valence-corrected chi connectivity index (χ3v) is 5.11. The van der Waals surface area contributed by atoms with E-state index in [0.29, 0.717) is 12.1 Å². The quantitative estimate of drug-likeness (QED) is 0.878. The van der Waals surface area contributed by atoms with Gasteiger partial charge < -0.3 is 5.11 Å². The van der Waals surface area contributed by atoms with Crippen LogP contribution in [0.1, 0.15) is 17.7 Å². The number of aliphatic hydroxyl groups is 1. The third-order valence-electron chi connectivity index (χ3n) is 3.90. The molecule has 3 nitrogen and oxygen atoms in total. The van der Waals surface area contributed by atoms with Crippen LogP contribution in [0.3, 0.4) is 0 Å². The van der Waals surface area contributed by atoms with Crippen molar-refractivity contribution in [2.24, 2.45) is 0 Å². The zero-order chi connectivity index (χ0) is 14.4. The van der Waals surface area contributed by atoms with Crippen molar-refractivity contribution in [2.45, 2.75) is 24.3 Å². The average molecular weight is 295 g/mol. The minimum absolute atomic E-state index is 0.0398. The number of fused-ring (bicyclic) bond motifs is 4. The van der Waals surface area contributed by atoms with E-state index in [1.807, 2.05) is 24.3 Å². The highest BCUT2D eigenvalue weighted by Gasteiger charge is 2.23. The van der Waals surface area contributed by atoms with Gasteiger partial charge in [0.25, 0.3) is 0 Å². The Labute approximate surface area is 126 Å². The summed E-state index contributed by atoms with van der Waals surface area (Å²) in [7, 11) is 0. The number of thioether (sulfide) groups is 1. The highest BCUT2D eigenvalue weighted by atomic mass is 32.2. The highest BCUT2D eigenvalue weighted by Crippen LogP contribution is 2.44.